The summed E-state index contributed by atoms with van der Waals surface area (Å²) < 4.78 is 23.8. The van der Waals surface area contributed by atoms with Crippen molar-refractivity contribution in [3.05, 3.63) is 65.5 Å². The van der Waals surface area contributed by atoms with Gasteiger partial charge in [0.1, 0.15) is 17.3 Å². The summed E-state index contributed by atoms with van der Waals surface area (Å²) in [7, 11) is 3.20. The fraction of sp³-hybridized carbons (Fsp3) is 0.250. The Bertz CT molecular complexity index is 778. The third-order valence-electron chi connectivity index (χ3n) is 4.35. The Morgan fingerprint density at radius 2 is 1.75 bits per heavy atom. The lowest BCUT2D eigenvalue weighted by Gasteiger charge is -2.24. The van der Waals surface area contributed by atoms with Crippen molar-refractivity contribution < 1.29 is 18.7 Å². The monoisotopic (exact) mass is 326 g/mol. The summed E-state index contributed by atoms with van der Waals surface area (Å²) >= 11 is 0. The van der Waals surface area contributed by atoms with Gasteiger partial charge in [-0.25, -0.2) is 4.39 Å². The number of benzene rings is 2. The van der Waals surface area contributed by atoms with Gasteiger partial charge in [0.15, 0.2) is 5.78 Å². The van der Waals surface area contributed by atoms with Crippen LogP contribution in [-0.4, -0.2) is 20.0 Å². The maximum Gasteiger partial charge on any atom is 0.156 e. The van der Waals surface area contributed by atoms with E-state index in [0.717, 1.165) is 16.7 Å². The second-order valence-electron chi connectivity index (χ2n) is 5.86. The predicted molar refractivity (Wildman–Crippen MR) is 90.9 cm³/mol. The van der Waals surface area contributed by atoms with Crippen molar-refractivity contribution in [3.8, 4) is 11.5 Å². The molecule has 0 spiro atoms. The minimum atomic E-state index is -0.270. The normalized spacial score (nSPS) is 17.4. The molecule has 0 aromatic heterocycles. The van der Waals surface area contributed by atoms with E-state index in [2.05, 4.69) is 0 Å². The van der Waals surface area contributed by atoms with Crippen molar-refractivity contribution >= 4 is 11.4 Å². The fourth-order valence-electron chi connectivity index (χ4n) is 3.11. The standard InChI is InChI=1S/C20H19FO3/c1-23-18-7-8-19(20(12-18)24-2)15-9-14(10-17(22)11-15)13-3-5-16(21)6-4-13/h3-8,11-12,14H,9-10H2,1-2H3/t14-/m1/s1. The summed E-state index contributed by atoms with van der Waals surface area (Å²) in [4.78, 5) is 12.2. The molecule has 0 saturated heterocycles. The molecule has 3 rings (SSSR count). The predicted octanol–water partition coefficient (Wildman–Crippen LogP) is 4.37. The third kappa shape index (κ3) is 3.32. The number of hydrogen-bond acceptors (Lipinski definition) is 3. The van der Waals surface area contributed by atoms with Crippen molar-refractivity contribution in [2.75, 3.05) is 14.2 Å². The zero-order valence-electron chi connectivity index (χ0n) is 13.7. The lowest BCUT2D eigenvalue weighted by Crippen LogP contribution is -2.12. The van der Waals surface area contributed by atoms with Gasteiger partial charge in [-0.2, -0.15) is 0 Å². The average molecular weight is 326 g/mol. The summed E-state index contributed by atoms with van der Waals surface area (Å²) in [6, 6.07) is 11.9. The number of carbonyl (C=O) groups excluding carboxylic acids is 1. The van der Waals surface area contributed by atoms with Crippen LogP contribution in [0.25, 0.3) is 5.57 Å². The van der Waals surface area contributed by atoms with Gasteiger partial charge in [-0.05, 0) is 53.8 Å². The largest absolute Gasteiger partial charge is 0.497 e. The molecule has 2 aromatic rings. The molecule has 0 N–H and O–H groups in total. The SMILES string of the molecule is COc1ccc(C2=CC(=O)C[C@H](c3ccc(F)cc3)C2)c(OC)c1. The van der Waals surface area contributed by atoms with E-state index in [1.165, 1.54) is 12.1 Å². The minimum Gasteiger partial charge on any atom is -0.497 e. The number of ketones is 1. The van der Waals surface area contributed by atoms with Gasteiger partial charge in [0.05, 0.1) is 14.2 Å². The number of methoxy groups -OCH3 is 2. The molecule has 0 radical (unpaired) electrons. The zero-order chi connectivity index (χ0) is 17.1. The summed E-state index contributed by atoms with van der Waals surface area (Å²) in [6.45, 7) is 0. The number of carbonyl (C=O) groups is 1. The molecular weight excluding hydrogens is 307 g/mol. The number of ether oxygens (including phenoxy) is 2. The van der Waals surface area contributed by atoms with E-state index in [-0.39, 0.29) is 17.5 Å². The number of rotatable bonds is 4. The van der Waals surface area contributed by atoms with Crippen molar-refractivity contribution in [2.45, 2.75) is 18.8 Å². The van der Waals surface area contributed by atoms with Crippen LogP contribution >= 0.6 is 0 Å². The summed E-state index contributed by atoms with van der Waals surface area (Å²) in [6.07, 6.45) is 2.83. The van der Waals surface area contributed by atoms with Crippen molar-refractivity contribution in [3.63, 3.8) is 0 Å². The van der Waals surface area contributed by atoms with Crippen molar-refractivity contribution in [2.24, 2.45) is 0 Å². The topological polar surface area (TPSA) is 35.5 Å². The molecule has 0 aliphatic heterocycles. The number of allylic oxidation sites excluding steroid dienone is 2. The van der Waals surface area contributed by atoms with Gasteiger partial charge >= 0.3 is 0 Å². The average Bonchev–Trinajstić information content (AvgIpc) is 2.61. The van der Waals surface area contributed by atoms with E-state index in [1.54, 1.807) is 32.4 Å². The maximum absolute atomic E-state index is 13.1. The molecule has 24 heavy (non-hydrogen) atoms. The first-order valence-electron chi connectivity index (χ1n) is 7.82. The lowest BCUT2D eigenvalue weighted by molar-refractivity contribution is -0.115. The van der Waals surface area contributed by atoms with E-state index >= 15 is 0 Å². The molecular formula is C20H19FO3. The van der Waals surface area contributed by atoms with E-state index in [4.69, 9.17) is 9.47 Å². The molecule has 124 valence electrons. The van der Waals surface area contributed by atoms with E-state index in [9.17, 15) is 9.18 Å². The second kappa shape index (κ2) is 6.87. The quantitative estimate of drug-likeness (QED) is 0.837. The molecule has 0 saturated carbocycles. The third-order valence-corrected chi connectivity index (χ3v) is 4.35. The van der Waals surface area contributed by atoms with Crippen LogP contribution < -0.4 is 9.47 Å². The molecule has 0 heterocycles. The minimum absolute atomic E-state index is 0.0462. The number of halogens is 1. The smallest absolute Gasteiger partial charge is 0.156 e. The Labute approximate surface area is 140 Å². The maximum atomic E-state index is 13.1. The van der Waals surface area contributed by atoms with Crippen molar-refractivity contribution in [1.82, 2.24) is 0 Å². The molecule has 1 aliphatic carbocycles. The molecule has 2 aromatic carbocycles. The lowest BCUT2D eigenvalue weighted by atomic mass is 9.81. The molecule has 1 atom stereocenters. The Hall–Kier alpha value is -2.62. The molecule has 0 bridgehead atoms. The first kappa shape index (κ1) is 16.2. The highest BCUT2D eigenvalue weighted by Gasteiger charge is 2.24. The van der Waals surface area contributed by atoms with Crippen molar-refractivity contribution in [1.29, 1.82) is 0 Å². The molecule has 0 unspecified atom stereocenters. The number of hydrogen-bond donors (Lipinski definition) is 0. The van der Waals surface area contributed by atoms with Crippen LogP contribution in [0.2, 0.25) is 0 Å². The van der Waals surface area contributed by atoms with E-state index < -0.39 is 0 Å². The van der Waals surface area contributed by atoms with Crippen LogP contribution in [0.15, 0.2) is 48.5 Å². The van der Waals surface area contributed by atoms with Gasteiger partial charge in [-0.15, -0.1) is 0 Å². The highest BCUT2D eigenvalue weighted by molar-refractivity contribution is 6.00. The highest BCUT2D eigenvalue weighted by Crippen LogP contribution is 2.40. The Kier molecular flexibility index (Phi) is 4.65. The van der Waals surface area contributed by atoms with E-state index in [0.29, 0.717) is 24.3 Å². The molecule has 0 fully saturated rings. The first-order chi connectivity index (χ1) is 11.6. The highest BCUT2D eigenvalue weighted by atomic mass is 19.1. The van der Waals surface area contributed by atoms with Gasteiger partial charge in [-0.1, -0.05) is 12.1 Å². The Morgan fingerprint density at radius 3 is 2.42 bits per heavy atom. The molecule has 0 amide bonds. The Balaban J connectivity index is 1.93. The van der Waals surface area contributed by atoms with Gasteiger partial charge in [0.2, 0.25) is 0 Å². The van der Waals surface area contributed by atoms with Gasteiger partial charge in [0.25, 0.3) is 0 Å². The van der Waals surface area contributed by atoms with E-state index in [1.807, 2.05) is 18.2 Å². The zero-order valence-corrected chi connectivity index (χ0v) is 13.7. The van der Waals surface area contributed by atoms with Crippen LogP contribution in [0, 0.1) is 5.82 Å². The second-order valence-corrected chi connectivity index (χ2v) is 5.86. The summed E-state index contributed by atoms with van der Waals surface area (Å²) in [5, 5.41) is 0. The summed E-state index contributed by atoms with van der Waals surface area (Å²) in [5.41, 5.74) is 2.79. The molecule has 4 heteroatoms. The van der Waals surface area contributed by atoms with Crippen LogP contribution in [-0.2, 0) is 4.79 Å². The Morgan fingerprint density at radius 1 is 1.00 bits per heavy atom. The van der Waals surface area contributed by atoms with Gasteiger partial charge in [-0.3, -0.25) is 4.79 Å². The van der Waals surface area contributed by atoms with Gasteiger partial charge < -0.3 is 9.47 Å². The van der Waals surface area contributed by atoms with Crippen LogP contribution in [0.4, 0.5) is 4.39 Å². The summed E-state index contributed by atoms with van der Waals surface area (Å²) in [5.74, 6) is 1.23. The fourth-order valence-corrected chi connectivity index (χ4v) is 3.11. The molecule has 3 nitrogen and oxygen atoms in total. The first-order valence-corrected chi connectivity index (χ1v) is 7.82. The van der Waals surface area contributed by atoms with Crippen LogP contribution in [0.5, 0.6) is 11.5 Å². The van der Waals surface area contributed by atoms with Crippen LogP contribution in [0.3, 0.4) is 0 Å². The van der Waals surface area contributed by atoms with Crippen LogP contribution in [0.1, 0.15) is 29.9 Å². The molecule has 1 aliphatic rings. The van der Waals surface area contributed by atoms with Gasteiger partial charge in [0, 0.05) is 18.1 Å².